The summed E-state index contributed by atoms with van der Waals surface area (Å²) >= 11 is 0. The Morgan fingerprint density at radius 1 is 1.09 bits per heavy atom. The molecule has 2 N–H and O–H groups in total. The zero-order valence-electron chi connectivity index (χ0n) is 18.4. The first kappa shape index (κ1) is 25.4. The number of methoxy groups -OCH3 is 1. The van der Waals surface area contributed by atoms with E-state index in [9.17, 15) is 27.6 Å². The molecule has 1 atom stereocenters. The second kappa shape index (κ2) is 11.2. The van der Waals surface area contributed by atoms with E-state index in [1.54, 1.807) is 9.80 Å². The Labute approximate surface area is 185 Å². The number of ether oxygens (including phenoxy) is 1. The topological polar surface area (TPSA) is 91.0 Å². The predicted octanol–water partition coefficient (Wildman–Crippen LogP) is 2.56. The van der Waals surface area contributed by atoms with Crippen molar-refractivity contribution in [2.45, 2.75) is 32.5 Å². The molecule has 0 aromatic heterocycles. The van der Waals surface area contributed by atoms with E-state index in [0.717, 1.165) is 6.07 Å². The molecule has 1 aliphatic rings. The van der Waals surface area contributed by atoms with Gasteiger partial charge in [0.15, 0.2) is 0 Å². The summed E-state index contributed by atoms with van der Waals surface area (Å²) in [5, 5.41) is 4.88. The number of hydrogen-bond acceptors (Lipinski definition) is 5. The lowest BCUT2D eigenvalue weighted by Crippen LogP contribution is -2.56. The average molecular weight is 458 g/mol. The van der Waals surface area contributed by atoms with Crippen molar-refractivity contribution in [2.75, 3.05) is 45.2 Å². The Morgan fingerprint density at radius 2 is 1.72 bits per heavy atom. The third kappa shape index (κ3) is 7.40. The van der Waals surface area contributed by atoms with Gasteiger partial charge in [-0.1, -0.05) is 26.0 Å². The molecule has 2 rings (SSSR count). The minimum Gasteiger partial charge on any atom is -0.453 e. The van der Waals surface area contributed by atoms with Crippen molar-refractivity contribution in [1.29, 1.82) is 0 Å². The third-order valence-corrected chi connectivity index (χ3v) is 5.04. The van der Waals surface area contributed by atoms with Gasteiger partial charge in [-0.3, -0.25) is 14.5 Å². The molecular formula is C21H29F3N4O4. The van der Waals surface area contributed by atoms with Crippen LogP contribution in [0.3, 0.4) is 0 Å². The molecule has 1 fully saturated rings. The zero-order valence-corrected chi connectivity index (χ0v) is 18.4. The van der Waals surface area contributed by atoms with E-state index in [0.29, 0.717) is 32.6 Å². The second-order valence-electron chi connectivity index (χ2n) is 8.01. The zero-order chi connectivity index (χ0) is 23.9. The van der Waals surface area contributed by atoms with E-state index >= 15 is 0 Å². The Bertz CT molecular complexity index is 808. The molecule has 3 amide bonds. The largest absolute Gasteiger partial charge is 0.453 e. The van der Waals surface area contributed by atoms with Crippen LogP contribution < -0.4 is 10.6 Å². The van der Waals surface area contributed by atoms with E-state index in [2.05, 4.69) is 15.4 Å². The lowest BCUT2D eigenvalue weighted by molar-refractivity contribution is -0.137. The number of para-hydroxylation sites is 1. The van der Waals surface area contributed by atoms with Crippen LogP contribution in [-0.2, 0) is 20.5 Å². The van der Waals surface area contributed by atoms with Gasteiger partial charge in [-0.05, 0) is 24.5 Å². The maximum atomic E-state index is 13.1. The number of benzene rings is 1. The van der Waals surface area contributed by atoms with E-state index in [1.165, 1.54) is 25.3 Å². The molecular weight excluding hydrogens is 429 g/mol. The maximum absolute atomic E-state index is 13.1. The fourth-order valence-corrected chi connectivity index (χ4v) is 3.47. The van der Waals surface area contributed by atoms with Gasteiger partial charge in [0.05, 0.1) is 24.9 Å². The fraction of sp³-hybridized carbons (Fsp3) is 0.571. The van der Waals surface area contributed by atoms with E-state index in [4.69, 9.17) is 0 Å². The highest BCUT2D eigenvalue weighted by Crippen LogP contribution is 2.34. The number of nitrogens with zero attached hydrogens (tertiary/aromatic N) is 2. The number of carbonyl (C=O) groups is 3. The summed E-state index contributed by atoms with van der Waals surface area (Å²) in [5.74, 6) is -0.621. The van der Waals surface area contributed by atoms with Gasteiger partial charge in [-0.15, -0.1) is 0 Å². The van der Waals surface area contributed by atoms with Crippen molar-refractivity contribution in [3.63, 3.8) is 0 Å². The smallest absolute Gasteiger partial charge is 0.418 e. The third-order valence-electron chi connectivity index (χ3n) is 5.04. The van der Waals surface area contributed by atoms with Crippen LogP contribution in [0.1, 0.15) is 25.8 Å². The number of amides is 3. The minimum atomic E-state index is -4.57. The number of hydrogen-bond donors (Lipinski definition) is 2. The number of piperazine rings is 1. The van der Waals surface area contributed by atoms with Crippen LogP contribution in [0.25, 0.3) is 0 Å². The first-order chi connectivity index (χ1) is 15.0. The van der Waals surface area contributed by atoms with Crippen molar-refractivity contribution in [2.24, 2.45) is 5.92 Å². The monoisotopic (exact) mass is 458 g/mol. The molecule has 8 nitrogen and oxygen atoms in total. The van der Waals surface area contributed by atoms with Crippen molar-refractivity contribution in [3.8, 4) is 0 Å². The maximum Gasteiger partial charge on any atom is 0.418 e. The number of alkyl halides is 3. The van der Waals surface area contributed by atoms with E-state index < -0.39 is 29.8 Å². The standard InChI is InChI=1S/C21H29F3N4O4/c1-14(2)12-17(26-20(31)32-3)19(30)28-10-8-27(9-11-28)13-18(29)25-16-7-5-4-6-15(16)21(22,23)24/h4-7,14,17H,8-13H2,1-3H3,(H,25,29)(H,26,31). The van der Waals surface area contributed by atoms with Gasteiger partial charge in [-0.25, -0.2) is 4.79 Å². The molecule has 11 heteroatoms. The van der Waals surface area contributed by atoms with Crippen molar-refractivity contribution in [1.82, 2.24) is 15.1 Å². The Hall–Kier alpha value is -2.82. The van der Waals surface area contributed by atoms with Crippen LogP contribution in [0.2, 0.25) is 0 Å². The molecule has 32 heavy (non-hydrogen) atoms. The average Bonchev–Trinajstić information content (AvgIpc) is 2.72. The van der Waals surface area contributed by atoms with Crippen LogP contribution in [0.4, 0.5) is 23.7 Å². The van der Waals surface area contributed by atoms with E-state index in [-0.39, 0.29) is 24.1 Å². The molecule has 0 bridgehead atoms. The predicted molar refractivity (Wildman–Crippen MR) is 112 cm³/mol. The summed E-state index contributed by atoms with van der Waals surface area (Å²) in [4.78, 5) is 40.1. The van der Waals surface area contributed by atoms with Gasteiger partial charge in [0.2, 0.25) is 11.8 Å². The molecule has 1 aromatic rings. The van der Waals surface area contributed by atoms with Gasteiger partial charge >= 0.3 is 12.3 Å². The van der Waals surface area contributed by atoms with Gasteiger partial charge in [-0.2, -0.15) is 13.2 Å². The van der Waals surface area contributed by atoms with Crippen molar-refractivity contribution in [3.05, 3.63) is 29.8 Å². The normalized spacial score (nSPS) is 15.9. The van der Waals surface area contributed by atoms with Gasteiger partial charge in [0, 0.05) is 26.2 Å². The number of anilines is 1. The summed E-state index contributed by atoms with van der Waals surface area (Å²) < 4.78 is 43.9. The highest BCUT2D eigenvalue weighted by Gasteiger charge is 2.34. The molecule has 0 saturated carbocycles. The summed E-state index contributed by atoms with van der Waals surface area (Å²) in [6, 6.07) is 4.09. The fourth-order valence-electron chi connectivity index (χ4n) is 3.47. The molecule has 1 saturated heterocycles. The molecule has 1 unspecified atom stereocenters. The number of carbonyl (C=O) groups excluding carboxylic acids is 3. The van der Waals surface area contributed by atoms with Crippen LogP contribution in [0.15, 0.2) is 24.3 Å². The summed E-state index contributed by atoms with van der Waals surface area (Å²) in [7, 11) is 1.23. The summed E-state index contributed by atoms with van der Waals surface area (Å²) in [6.07, 6.45) is -4.80. The van der Waals surface area contributed by atoms with Gasteiger partial charge < -0.3 is 20.3 Å². The molecule has 178 valence electrons. The lowest BCUT2D eigenvalue weighted by Gasteiger charge is -2.36. The van der Waals surface area contributed by atoms with Gasteiger partial charge in [0.1, 0.15) is 6.04 Å². The second-order valence-corrected chi connectivity index (χ2v) is 8.01. The molecule has 1 heterocycles. The first-order valence-electron chi connectivity index (χ1n) is 10.3. The number of alkyl carbamates (subject to hydrolysis) is 1. The minimum absolute atomic E-state index is 0.0932. The molecule has 0 radical (unpaired) electrons. The van der Waals surface area contributed by atoms with E-state index in [1.807, 2.05) is 13.8 Å². The first-order valence-corrected chi connectivity index (χ1v) is 10.3. The molecule has 0 aliphatic carbocycles. The SMILES string of the molecule is COC(=O)NC(CC(C)C)C(=O)N1CCN(CC(=O)Nc2ccccc2C(F)(F)F)CC1. The van der Waals surface area contributed by atoms with Crippen LogP contribution in [-0.4, -0.2) is 73.6 Å². The van der Waals surface area contributed by atoms with Crippen LogP contribution >= 0.6 is 0 Å². The summed E-state index contributed by atoms with van der Waals surface area (Å²) in [6.45, 7) is 5.22. The van der Waals surface area contributed by atoms with Crippen LogP contribution in [0.5, 0.6) is 0 Å². The lowest BCUT2D eigenvalue weighted by atomic mass is 10.0. The van der Waals surface area contributed by atoms with Crippen molar-refractivity contribution < 1.29 is 32.3 Å². The number of halogens is 3. The Morgan fingerprint density at radius 3 is 2.28 bits per heavy atom. The quantitative estimate of drug-likeness (QED) is 0.656. The highest BCUT2D eigenvalue weighted by atomic mass is 19.4. The van der Waals surface area contributed by atoms with Crippen LogP contribution in [0, 0.1) is 5.92 Å². The molecule has 1 aromatic carbocycles. The van der Waals surface area contributed by atoms with Crippen molar-refractivity contribution >= 4 is 23.6 Å². The number of rotatable bonds is 7. The van der Waals surface area contributed by atoms with Gasteiger partial charge in [0.25, 0.3) is 0 Å². The summed E-state index contributed by atoms with van der Waals surface area (Å²) in [5.41, 5.74) is -1.19. The highest BCUT2D eigenvalue weighted by molar-refractivity contribution is 5.93. The number of nitrogens with one attached hydrogen (secondary N) is 2. The Kier molecular flexibility index (Phi) is 8.88. The Balaban J connectivity index is 1.90. The molecule has 0 spiro atoms. The molecule has 1 aliphatic heterocycles.